The fraction of sp³-hybridized carbons (Fsp3) is 0.357. The molecule has 0 fully saturated rings. The summed E-state index contributed by atoms with van der Waals surface area (Å²) >= 11 is 7.91. The first-order chi connectivity index (χ1) is 8.72. The van der Waals surface area contributed by atoms with E-state index in [1.165, 1.54) is 0 Å². The van der Waals surface area contributed by atoms with Gasteiger partial charge in [-0.3, -0.25) is 0 Å². The molecule has 0 amide bonds. The second-order valence-corrected chi connectivity index (χ2v) is 5.57. The zero-order chi connectivity index (χ0) is 13.0. The molecule has 0 aliphatic rings. The average molecular weight is 281 g/mol. The predicted molar refractivity (Wildman–Crippen MR) is 78.1 cm³/mol. The van der Waals surface area contributed by atoms with E-state index in [2.05, 4.69) is 30.2 Å². The smallest absolute Gasteiger partial charge is 0.109 e. The van der Waals surface area contributed by atoms with Crippen LogP contribution in [0.2, 0.25) is 5.02 Å². The molecule has 0 aliphatic heterocycles. The van der Waals surface area contributed by atoms with Crippen molar-refractivity contribution in [1.82, 2.24) is 10.3 Å². The molecule has 0 spiro atoms. The summed E-state index contributed by atoms with van der Waals surface area (Å²) in [6.07, 6.45) is 2.87. The van der Waals surface area contributed by atoms with Crippen LogP contribution in [0.1, 0.15) is 42.9 Å². The Morgan fingerprint density at radius 2 is 2.17 bits per heavy atom. The van der Waals surface area contributed by atoms with E-state index in [0.717, 1.165) is 22.0 Å². The van der Waals surface area contributed by atoms with Gasteiger partial charge in [0.15, 0.2) is 0 Å². The normalized spacial score (nSPS) is 14.4. The Hall–Kier alpha value is -0.900. The summed E-state index contributed by atoms with van der Waals surface area (Å²) in [5, 5.41) is 7.55. The van der Waals surface area contributed by atoms with Gasteiger partial charge in [-0.1, -0.05) is 36.7 Å². The summed E-state index contributed by atoms with van der Waals surface area (Å²) in [6, 6.07) is 8.47. The minimum Gasteiger partial charge on any atom is -0.301 e. The van der Waals surface area contributed by atoms with E-state index in [1.807, 2.05) is 29.8 Å². The van der Waals surface area contributed by atoms with Crippen molar-refractivity contribution in [3.05, 3.63) is 51.4 Å². The highest BCUT2D eigenvalue weighted by Crippen LogP contribution is 2.27. The molecule has 0 saturated carbocycles. The van der Waals surface area contributed by atoms with Gasteiger partial charge in [0, 0.05) is 22.6 Å². The SMILES string of the molecule is CCC(NC(C)c1ccccc1Cl)c1nccs1. The lowest BCUT2D eigenvalue weighted by Gasteiger charge is -2.21. The van der Waals surface area contributed by atoms with Crippen LogP contribution in [-0.2, 0) is 0 Å². The van der Waals surface area contributed by atoms with Gasteiger partial charge in [-0.25, -0.2) is 4.98 Å². The summed E-state index contributed by atoms with van der Waals surface area (Å²) in [6.45, 7) is 4.30. The van der Waals surface area contributed by atoms with Crippen molar-refractivity contribution in [3.8, 4) is 0 Å². The molecular formula is C14H17ClN2S. The Balaban J connectivity index is 2.11. The molecule has 1 heterocycles. The molecular weight excluding hydrogens is 264 g/mol. The molecule has 1 aromatic heterocycles. The van der Waals surface area contributed by atoms with Crippen molar-refractivity contribution in [2.24, 2.45) is 0 Å². The van der Waals surface area contributed by atoms with Crippen molar-refractivity contribution in [2.45, 2.75) is 32.4 Å². The third kappa shape index (κ3) is 3.10. The van der Waals surface area contributed by atoms with Gasteiger partial charge in [-0.05, 0) is 25.0 Å². The van der Waals surface area contributed by atoms with Crippen LogP contribution in [0.5, 0.6) is 0 Å². The Morgan fingerprint density at radius 1 is 1.39 bits per heavy atom. The van der Waals surface area contributed by atoms with Crippen LogP contribution < -0.4 is 5.32 Å². The number of benzene rings is 1. The van der Waals surface area contributed by atoms with E-state index >= 15 is 0 Å². The van der Waals surface area contributed by atoms with Gasteiger partial charge in [0.05, 0.1) is 6.04 Å². The largest absolute Gasteiger partial charge is 0.301 e. The highest BCUT2D eigenvalue weighted by molar-refractivity contribution is 7.09. The lowest BCUT2D eigenvalue weighted by atomic mass is 10.1. The van der Waals surface area contributed by atoms with Gasteiger partial charge in [-0.2, -0.15) is 0 Å². The zero-order valence-electron chi connectivity index (χ0n) is 10.6. The van der Waals surface area contributed by atoms with Gasteiger partial charge in [0.2, 0.25) is 0 Å². The molecule has 2 aromatic rings. The number of thiazole rings is 1. The maximum Gasteiger partial charge on any atom is 0.109 e. The average Bonchev–Trinajstić information content (AvgIpc) is 2.90. The molecule has 0 saturated heterocycles. The van der Waals surface area contributed by atoms with E-state index in [9.17, 15) is 0 Å². The van der Waals surface area contributed by atoms with Gasteiger partial charge in [-0.15, -0.1) is 11.3 Å². The fourth-order valence-corrected chi connectivity index (χ4v) is 3.07. The second kappa shape index (κ2) is 6.32. The van der Waals surface area contributed by atoms with Gasteiger partial charge >= 0.3 is 0 Å². The lowest BCUT2D eigenvalue weighted by Crippen LogP contribution is -2.24. The predicted octanol–water partition coefficient (Wildman–Crippen LogP) is 4.60. The van der Waals surface area contributed by atoms with Crippen LogP contribution in [0, 0.1) is 0 Å². The quantitative estimate of drug-likeness (QED) is 0.866. The Labute approximate surface area is 117 Å². The molecule has 1 N–H and O–H groups in total. The molecule has 0 bridgehead atoms. The van der Waals surface area contributed by atoms with Crippen molar-refractivity contribution in [1.29, 1.82) is 0 Å². The van der Waals surface area contributed by atoms with Crippen molar-refractivity contribution in [3.63, 3.8) is 0 Å². The highest BCUT2D eigenvalue weighted by atomic mass is 35.5. The molecule has 96 valence electrons. The second-order valence-electron chi connectivity index (χ2n) is 4.24. The van der Waals surface area contributed by atoms with Crippen LogP contribution in [0.15, 0.2) is 35.8 Å². The molecule has 2 atom stereocenters. The maximum atomic E-state index is 6.22. The van der Waals surface area contributed by atoms with Crippen LogP contribution in [-0.4, -0.2) is 4.98 Å². The summed E-state index contributed by atoms with van der Waals surface area (Å²) in [4.78, 5) is 4.38. The summed E-state index contributed by atoms with van der Waals surface area (Å²) in [7, 11) is 0. The van der Waals surface area contributed by atoms with Crippen LogP contribution in [0.4, 0.5) is 0 Å². The van der Waals surface area contributed by atoms with E-state index < -0.39 is 0 Å². The summed E-state index contributed by atoms with van der Waals surface area (Å²) in [5.41, 5.74) is 1.13. The first-order valence-electron chi connectivity index (χ1n) is 6.12. The molecule has 4 heteroatoms. The third-order valence-corrected chi connectivity index (χ3v) is 4.21. The first-order valence-corrected chi connectivity index (χ1v) is 7.38. The van der Waals surface area contributed by atoms with Crippen LogP contribution in [0.25, 0.3) is 0 Å². The summed E-state index contributed by atoms with van der Waals surface area (Å²) < 4.78 is 0. The van der Waals surface area contributed by atoms with Crippen molar-refractivity contribution >= 4 is 22.9 Å². The molecule has 0 radical (unpaired) electrons. The molecule has 0 aliphatic carbocycles. The number of hydrogen-bond acceptors (Lipinski definition) is 3. The minimum atomic E-state index is 0.215. The van der Waals surface area contributed by atoms with Crippen molar-refractivity contribution in [2.75, 3.05) is 0 Å². The zero-order valence-corrected chi connectivity index (χ0v) is 12.1. The van der Waals surface area contributed by atoms with Gasteiger partial charge in [0.25, 0.3) is 0 Å². The monoisotopic (exact) mass is 280 g/mol. The number of nitrogens with one attached hydrogen (secondary N) is 1. The molecule has 18 heavy (non-hydrogen) atoms. The van der Waals surface area contributed by atoms with E-state index in [-0.39, 0.29) is 12.1 Å². The maximum absolute atomic E-state index is 6.22. The molecule has 2 rings (SSSR count). The standard InChI is InChI=1S/C14H17ClN2S/c1-3-13(14-16-8-9-18-14)17-10(2)11-6-4-5-7-12(11)15/h4-10,13,17H,3H2,1-2H3. The lowest BCUT2D eigenvalue weighted by molar-refractivity contribution is 0.455. The number of halogens is 1. The number of hydrogen-bond donors (Lipinski definition) is 1. The topological polar surface area (TPSA) is 24.9 Å². The highest BCUT2D eigenvalue weighted by Gasteiger charge is 2.16. The molecule has 2 unspecified atom stereocenters. The molecule has 2 nitrogen and oxygen atoms in total. The van der Waals surface area contributed by atoms with Crippen LogP contribution in [0.3, 0.4) is 0 Å². The number of rotatable bonds is 5. The number of aromatic nitrogens is 1. The number of nitrogens with zero attached hydrogens (tertiary/aromatic N) is 1. The third-order valence-electron chi connectivity index (χ3n) is 2.98. The van der Waals surface area contributed by atoms with E-state index in [0.29, 0.717) is 0 Å². The van der Waals surface area contributed by atoms with Gasteiger partial charge < -0.3 is 5.32 Å². The van der Waals surface area contributed by atoms with Gasteiger partial charge in [0.1, 0.15) is 5.01 Å². The first kappa shape index (κ1) is 13.5. The molecule has 1 aromatic carbocycles. The fourth-order valence-electron chi connectivity index (χ4n) is 1.99. The van der Waals surface area contributed by atoms with Crippen molar-refractivity contribution < 1.29 is 0 Å². The van der Waals surface area contributed by atoms with E-state index in [1.54, 1.807) is 11.3 Å². The Kier molecular flexibility index (Phi) is 4.75. The minimum absolute atomic E-state index is 0.215. The Morgan fingerprint density at radius 3 is 2.78 bits per heavy atom. The Bertz CT molecular complexity index is 484. The summed E-state index contributed by atoms with van der Waals surface area (Å²) in [5.74, 6) is 0. The van der Waals surface area contributed by atoms with Crippen LogP contribution >= 0.6 is 22.9 Å². The van der Waals surface area contributed by atoms with E-state index in [4.69, 9.17) is 11.6 Å².